The summed E-state index contributed by atoms with van der Waals surface area (Å²) in [5, 5.41) is 3.17. The molecule has 4 rings (SSSR count). The van der Waals surface area contributed by atoms with E-state index in [1.165, 1.54) is 0 Å². The van der Waals surface area contributed by atoms with Crippen molar-refractivity contribution in [2.24, 2.45) is 0 Å². The standard InChI is InChI=1S/C26H29ClN2O6S2/c1-18-23(26(30)35-13-12-29(2)16-19-8-4-3-5-9-19)24(20-10-6-7-11-21(20)27)25-22(28-18)17-36(31,32)14-15-37(25,33)34/h3-11,24,28H,12-17H2,1-2H3. The number of nitrogens with one attached hydrogen (secondary N) is 1. The third-order valence-electron chi connectivity index (χ3n) is 6.39. The van der Waals surface area contributed by atoms with Crippen LogP contribution in [0.4, 0.5) is 0 Å². The minimum Gasteiger partial charge on any atom is -0.461 e. The van der Waals surface area contributed by atoms with E-state index in [9.17, 15) is 21.6 Å². The van der Waals surface area contributed by atoms with Crippen LogP contribution in [0.3, 0.4) is 0 Å². The molecule has 0 spiro atoms. The Balaban J connectivity index is 1.64. The quantitative estimate of drug-likeness (QED) is 0.511. The van der Waals surface area contributed by atoms with Gasteiger partial charge >= 0.3 is 5.97 Å². The van der Waals surface area contributed by atoms with Gasteiger partial charge in [-0.3, -0.25) is 4.90 Å². The van der Waals surface area contributed by atoms with Gasteiger partial charge in [-0.25, -0.2) is 21.6 Å². The van der Waals surface area contributed by atoms with E-state index >= 15 is 0 Å². The molecule has 0 amide bonds. The highest BCUT2D eigenvalue weighted by Crippen LogP contribution is 2.44. The summed E-state index contributed by atoms with van der Waals surface area (Å²) < 4.78 is 57.4. The first-order valence-electron chi connectivity index (χ1n) is 11.8. The molecular formula is C26H29ClN2O6S2. The van der Waals surface area contributed by atoms with Crippen LogP contribution in [0.2, 0.25) is 5.02 Å². The molecule has 0 radical (unpaired) electrons. The average molecular weight is 565 g/mol. The van der Waals surface area contributed by atoms with E-state index in [2.05, 4.69) is 5.32 Å². The molecule has 0 bridgehead atoms. The molecule has 0 aromatic heterocycles. The summed E-state index contributed by atoms with van der Waals surface area (Å²) >= 11 is 6.48. The number of hydrogen-bond donors (Lipinski definition) is 1. The van der Waals surface area contributed by atoms with Crippen molar-refractivity contribution in [3.63, 3.8) is 0 Å². The fourth-order valence-electron chi connectivity index (χ4n) is 4.61. The van der Waals surface area contributed by atoms with Crippen LogP contribution >= 0.6 is 11.6 Å². The molecule has 0 saturated carbocycles. The van der Waals surface area contributed by atoms with Gasteiger partial charge in [0.15, 0.2) is 19.7 Å². The number of likely N-dealkylation sites (N-methyl/N-ethyl adjacent to an activating group) is 1. The third kappa shape index (κ3) is 6.26. The predicted octanol–water partition coefficient (Wildman–Crippen LogP) is 3.03. The van der Waals surface area contributed by atoms with Gasteiger partial charge in [-0.15, -0.1) is 0 Å². The van der Waals surface area contributed by atoms with Gasteiger partial charge in [0.25, 0.3) is 0 Å². The number of esters is 1. The lowest BCUT2D eigenvalue weighted by molar-refractivity contribution is -0.139. The summed E-state index contributed by atoms with van der Waals surface area (Å²) in [4.78, 5) is 15.3. The van der Waals surface area contributed by atoms with Crippen molar-refractivity contribution in [2.75, 3.05) is 37.5 Å². The smallest absolute Gasteiger partial charge is 0.336 e. The SMILES string of the molecule is CC1=C(C(=O)OCCN(C)Cc2ccccc2)C(c2ccccc2Cl)C2=C(CS(=O)(=O)CCS2(=O)=O)N1. The monoisotopic (exact) mass is 564 g/mol. The fraction of sp³-hybridized carbons (Fsp3) is 0.346. The molecule has 2 aliphatic heterocycles. The molecule has 0 fully saturated rings. The molecule has 11 heteroatoms. The number of nitrogens with zero attached hydrogens (tertiary/aromatic N) is 1. The van der Waals surface area contributed by atoms with E-state index in [1.54, 1.807) is 31.2 Å². The van der Waals surface area contributed by atoms with Crippen molar-refractivity contribution in [1.82, 2.24) is 10.2 Å². The Morgan fingerprint density at radius 3 is 2.43 bits per heavy atom. The minimum atomic E-state index is -4.03. The van der Waals surface area contributed by atoms with Crippen LogP contribution in [-0.4, -0.2) is 65.2 Å². The lowest BCUT2D eigenvalue weighted by Gasteiger charge is -2.31. The van der Waals surface area contributed by atoms with Gasteiger partial charge in [0.05, 0.1) is 33.7 Å². The summed E-state index contributed by atoms with van der Waals surface area (Å²) in [7, 11) is -5.79. The molecule has 2 aromatic carbocycles. The number of dihydropyridines is 1. The number of carbonyl (C=O) groups is 1. The van der Waals surface area contributed by atoms with Crippen LogP contribution in [-0.2, 0) is 35.8 Å². The van der Waals surface area contributed by atoms with Gasteiger partial charge in [0, 0.05) is 29.5 Å². The first kappa shape index (κ1) is 27.4. The highest BCUT2D eigenvalue weighted by Gasteiger charge is 2.44. The highest BCUT2D eigenvalue weighted by atomic mass is 35.5. The molecule has 2 aromatic rings. The Hall–Kier alpha value is -2.66. The number of allylic oxidation sites excluding steroid dienone is 2. The number of carbonyl (C=O) groups excluding carboxylic acids is 1. The molecule has 1 N–H and O–H groups in total. The highest BCUT2D eigenvalue weighted by molar-refractivity contribution is 7.98. The number of ether oxygens (including phenoxy) is 1. The van der Waals surface area contributed by atoms with E-state index in [0.29, 0.717) is 24.4 Å². The second kappa shape index (κ2) is 11.0. The zero-order chi connectivity index (χ0) is 26.8. The maximum atomic E-state index is 13.4. The summed E-state index contributed by atoms with van der Waals surface area (Å²) in [5.41, 5.74) is 2.00. The number of benzene rings is 2. The molecule has 2 aliphatic rings. The number of rotatable bonds is 7. The van der Waals surface area contributed by atoms with Gasteiger partial charge in [0.1, 0.15) is 6.61 Å². The van der Waals surface area contributed by atoms with Crippen molar-refractivity contribution in [3.8, 4) is 0 Å². The molecule has 2 heterocycles. The first-order valence-corrected chi connectivity index (χ1v) is 15.6. The third-order valence-corrected chi connectivity index (χ3v) is 10.4. The zero-order valence-corrected chi connectivity index (χ0v) is 23.0. The predicted molar refractivity (Wildman–Crippen MR) is 143 cm³/mol. The molecular weight excluding hydrogens is 536 g/mol. The minimum absolute atomic E-state index is 0.0547. The Bertz CT molecular complexity index is 1470. The number of sulfone groups is 2. The Morgan fingerprint density at radius 1 is 1.05 bits per heavy atom. The first-order chi connectivity index (χ1) is 17.5. The second-order valence-electron chi connectivity index (χ2n) is 9.23. The van der Waals surface area contributed by atoms with Crippen LogP contribution in [0.5, 0.6) is 0 Å². The van der Waals surface area contributed by atoms with E-state index in [-0.39, 0.29) is 27.8 Å². The Kier molecular flexibility index (Phi) is 8.13. The Morgan fingerprint density at radius 2 is 1.73 bits per heavy atom. The van der Waals surface area contributed by atoms with Crippen LogP contribution in [0.25, 0.3) is 0 Å². The van der Waals surface area contributed by atoms with Gasteiger partial charge in [0.2, 0.25) is 0 Å². The normalized spacial score (nSPS) is 20.7. The van der Waals surface area contributed by atoms with E-state index in [4.69, 9.17) is 16.3 Å². The van der Waals surface area contributed by atoms with Crippen LogP contribution in [0.1, 0.15) is 24.0 Å². The largest absolute Gasteiger partial charge is 0.461 e. The van der Waals surface area contributed by atoms with Crippen LogP contribution < -0.4 is 5.32 Å². The molecule has 37 heavy (non-hydrogen) atoms. The summed E-state index contributed by atoms with van der Waals surface area (Å²) in [6, 6.07) is 16.5. The van der Waals surface area contributed by atoms with Crippen molar-refractivity contribution in [1.29, 1.82) is 0 Å². The topological polar surface area (TPSA) is 110 Å². The molecule has 8 nitrogen and oxygen atoms in total. The van der Waals surface area contributed by atoms with Gasteiger partial charge in [-0.1, -0.05) is 60.1 Å². The molecule has 0 saturated heterocycles. The Labute approximate surface area is 222 Å². The summed E-state index contributed by atoms with van der Waals surface area (Å²) in [6.45, 7) is 2.83. The summed E-state index contributed by atoms with van der Waals surface area (Å²) in [6.07, 6.45) is 0. The fourth-order valence-corrected chi connectivity index (χ4v) is 8.98. The maximum absolute atomic E-state index is 13.4. The van der Waals surface area contributed by atoms with E-state index in [1.807, 2.05) is 42.3 Å². The molecule has 0 aliphatic carbocycles. The van der Waals surface area contributed by atoms with Gasteiger partial charge in [-0.2, -0.15) is 0 Å². The van der Waals surface area contributed by atoms with Crippen LogP contribution in [0.15, 0.2) is 76.5 Å². The molecule has 198 valence electrons. The van der Waals surface area contributed by atoms with Crippen molar-refractivity contribution >= 4 is 37.2 Å². The maximum Gasteiger partial charge on any atom is 0.336 e. The number of halogens is 1. The lowest BCUT2D eigenvalue weighted by atomic mass is 9.86. The lowest BCUT2D eigenvalue weighted by Crippen LogP contribution is -2.34. The van der Waals surface area contributed by atoms with Crippen molar-refractivity contribution in [3.05, 3.63) is 92.6 Å². The van der Waals surface area contributed by atoms with Crippen LogP contribution in [0, 0.1) is 0 Å². The second-order valence-corrected chi connectivity index (χ2v) is 13.9. The van der Waals surface area contributed by atoms with Gasteiger partial charge < -0.3 is 10.1 Å². The summed E-state index contributed by atoms with van der Waals surface area (Å²) in [5.74, 6) is -3.30. The molecule has 1 unspecified atom stereocenters. The number of hydrogen-bond acceptors (Lipinski definition) is 8. The average Bonchev–Trinajstić information content (AvgIpc) is 2.91. The van der Waals surface area contributed by atoms with E-state index < -0.39 is 48.8 Å². The van der Waals surface area contributed by atoms with Crippen molar-refractivity contribution < 1.29 is 26.4 Å². The molecule has 1 atom stereocenters. The van der Waals surface area contributed by atoms with Gasteiger partial charge in [-0.05, 0) is 31.2 Å². The van der Waals surface area contributed by atoms with Crippen molar-refractivity contribution in [2.45, 2.75) is 19.4 Å². The zero-order valence-electron chi connectivity index (χ0n) is 20.6. The van der Waals surface area contributed by atoms with E-state index in [0.717, 1.165) is 5.56 Å².